The van der Waals surface area contributed by atoms with Crippen LogP contribution in [-0.4, -0.2) is 30.6 Å². The highest BCUT2D eigenvalue weighted by Gasteiger charge is 2.22. The maximum atomic E-state index is 13.4. The summed E-state index contributed by atoms with van der Waals surface area (Å²) in [7, 11) is 1.61. The van der Waals surface area contributed by atoms with Crippen molar-refractivity contribution < 1.29 is 23.8 Å². The summed E-state index contributed by atoms with van der Waals surface area (Å²) in [6.07, 6.45) is 0. The molecule has 1 aliphatic heterocycles. The molecule has 0 atom stereocenters. The van der Waals surface area contributed by atoms with Gasteiger partial charge in [-0.3, -0.25) is 9.59 Å². The highest BCUT2D eigenvalue weighted by atomic mass is 16.7. The standard InChI is InChI=1S/C26H20N2O5/c1-15(29)19-12-24-25(33-14-32-24)13-23(19)28-26(30)20-11-22(16-7-9-17(31-2)10-8-16)27-21-6-4-3-5-18(20)21/h3-13H,14H2,1-2H3,(H,28,30). The van der Waals surface area contributed by atoms with Crippen LogP contribution < -0.4 is 19.5 Å². The number of hydrogen-bond acceptors (Lipinski definition) is 6. The number of methoxy groups -OCH3 is 1. The third kappa shape index (κ3) is 3.85. The van der Waals surface area contributed by atoms with Crippen molar-refractivity contribution in [1.29, 1.82) is 0 Å². The van der Waals surface area contributed by atoms with Crippen molar-refractivity contribution in [3.63, 3.8) is 0 Å². The number of aromatic nitrogens is 1. The molecule has 0 unspecified atom stereocenters. The van der Waals surface area contributed by atoms with Crippen molar-refractivity contribution in [2.75, 3.05) is 19.2 Å². The van der Waals surface area contributed by atoms with E-state index in [0.717, 1.165) is 11.3 Å². The molecule has 7 nitrogen and oxygen atoms in total. The van der Waals surface area contributed by atoms with E-state index in [0.29, 0.717) is 44.9 Å². The molecule has 0 aliphatic carbocycles. The van der Waals surface area contributed by atoms with Gasteiger partial charge in [-0.2, -0.15) is 0 Å². The molecule has 1 N–H and O–H groups in total. The number of anilines is 1. The number of carbonyl (C=O) groups is 2. The molecule has 1 aliphatic rings. The van der Waals surface area contributed by atoms with Crippen LogP contribution >= 0.6 is 0 Å². The molecule has 0 spiro atoms. The zero-order valence-corrected chi connectivity index (χ0v) is 18.0. The predicted molar refractivity (Wildman–Crippen MR) is 124 cm³/mol. The first-order valence-corrected chi connectivity index (χ1v) is 10.3. The number of ketones is 1. The lowest BCUT2D eigenvalue weighted by molar-refractivity contribution is 0.101. The van der Waals surface area contributed by atoms with Gasteiger partial charge in [-0.25, -0.2) is 4.98 Å². The SMILES string of the molecule is COc1ccc(-c2cc(C(=O)Nc3cc4c(cc3C(C)=O)OCO4)c3ccccc3n2)cc1. The van der Waals surface area contributed by atoms with E-state index in [-0.39, 0.29) is 18.5 Å². The van der Waals surface area contributed by atoms with Crippen LogP contribution in [0.3, 0.4) is 0 Å². The van der Waals surface area contributed by atoms with Gasteiger partial charge in [0, 0.05) is 22.6 Å². The van der Waals surface area contributed by atoms with Gasteiger partial charge in [-0.1, -0.05) is 18.2 Å². The number of nitrogens with zero attached hydrogens (tertiary/aromatic N) is 1. The Hall–Kier alpha value is -4.39. The Balaban J connectivity index is 1.58. The van der Waals surface area contributed by atoms with Gasteiger partial charge >= 0.3 is 0 Å². The van der Waals surface area contributed by atoms with E-state index in [1.165, 1.54) is 6.92 Å². The summed E-state index contributed by atoms with van der Waals surface area (Å²) in [6, 6.07) is 19.9. The second kappa shape index (κ2) is 8.27. The number of benzene rings is 3. The van der Waals surface area contributed by atoms with E-state index in [1.54, 1.807) is 25.3 Å². The molecule has 7 heteroatoms. The van der Waals surface area contributed by atoms with Gasteiger partial charge in [-0.05, 0) is 49.4 Å². The number of Topliss-reactive ketones (excluding diaryl/α,β-unsaturated/α-hetero) is 1. The molecule has 0 saturated carbocycles. The fourth-order valence-electron chi connectivity index (χ4n) is 3.80. The molecule has 33 heavy (non-hydrogen) atoms. The maximum Gasteiger partial charge on any atom is 0.256 e. The van der Waals surface area contributed by atoms with Crippen LogP contribution in [0.25, 0.3) is 22.2 Å². The van der Waals surface area contributed by atoms with E-state index in [9.17, 15) is 9.59 Å². The Bertz CT molecular complexity index is 1400. The zero-order valence-electron chi connectivity index (χ0n) is 18.0. The number of nitrogens with one attached hydrogen (secondary N) is 1. The van der Waals surface area contributed by atoms with Crippen molar-refractivity contribution in [3.05, 3.63) is 77.9 Å². The first-order chi connectivity index (χ1) is 16.0. The molecular weight excluding hydrogens is 420 g/mol. The molecule has 5 rings (SSSR count). The van der Waals surface area contributed by atoms with Gasteiger partial charge in [0.15, 0.2) is 17.3 Å². The molecule has 0 bridgehead atoms. The first kappa shape index (κ1) is 20.5. The number of carbonyl (C=O) groups excluding carboxylic acids is 2. The van der Waals surface area contributed by atoms with Crippen LogP contribution in [0.15, 0.2) is 66.7 Å². The Morgan fingerprint density at radius 2 is 1.67 bits per heavy atom. The molecule has 0 saturated heterocycles. The van der Waals surface area contributed by atoms with Crippen molar-refractivity contribution in [1.82, 2.24) is 4.98 Å². The maximum absolute atomic E-state index is 13.4. The van der Waals surface area contributed by atoms with Crippen molar-refractivity contribution >= 4 is 28.3 Å². The molecular formula is C26H20N2O5. The second-order valence-corrected chi connectivity index (χ2v) is 7.56. The molecule has 4 aromatic rings. The van der Waals surface area contributed by atoms with Crippen LogP contribution in [0, 0.1) is 0 Å². The fourth-order valence-corrected chi connectivity index (χ4v) is 3.80. The first-order valence-electron chi connectivity index (χ1n) is 10.3. The van der Waals surface area contributed by atoms with Crippen molar-refractivity contribution in [2.45, 2.75) is 6.92 Å². The molecule has 0 fully saturated rings. The lowest BCUT2D eigenvalue weighted by atomic mass is 10.0. The lowest BCUT2D eigenvalue weighted by Gasteiger charge is -2.13. The third-order valence-corrected chi connectivity index (χ3v) is 5.49. The Morgan fingerprint density at radius 1 is 0.939 bits per heavy atom. The monoisotopic (exact) mass is 440 g/mol. The van der Waals surface area contributed by atoms with Gasteiger partial charge in [0.2, 0.25) is 6.79 Å². The average Bonchev–Trinajstić information content (AvgIpc) is 3.30. The normalized spacial score (nSPS) is 11.9. The Morgan fingerprint density at radius 3 is 2.39 bits per heavy atom. The van der Waals surface area contributed by atoms with Crippen molar-refractivity contribution in [2.24, 2.45) is 0 Å². The number of fused-ring (bicyclic) bond motifs is 2. The van der Waals surface area contributed by atoms with Crippen molar-refractivity contribution in [3.8, 4) is 28.5 Å². The summed E-state index contributed by atoms with van der Waals surface area (Å²) in [5, 5.41) is 3.59. The third-order valence-electron chi connectivity index (χ3n) is 5.49. The number of amides is 1. The minimum absolute atomic E-state index is 0.0737. The number of hydrogen-bond donors (Lipinski definition) is 1. The smallest absolute Gasteiger partial charge is 0.256 e. The summed E-state index contributed by atoms with van der Waals surface area (Å²) in [4.78, 5) is 30.4. The van der Waals surface area contributed by atoms with Gasteiger partial charge in [0.25, 0.3) is 5.91 Å². The van der Waals surface area contributed by atoms with Crippen LogP contribution in [-0.2, 0) is 0 Å². The van der Waals surface area contributed by atoms with Crippen LogP contribution in [0.1, 0.15) is 27.6 Å². The number of pyridine rings is 1. The van der Waals surface area contributed by atoms with Gasteiger partial charge in [0.05, 0.1) is 29.6 Å². The minimum Gasteiger partial charge on any atom is -0.497 e. The largest absolute Gasteiger partial charge is 0.497 e. The van der Waals surface area contributed by atoms with E-state index >= 15 is 0 Å². The average molecular weight is 440 g/mol. The van der Waals surface area contributed by atoms with E-state index in [1.807, 2.05) is 48.5 Å². The van der Waals surface area contributed by atoms with Crippen LogP contribution in [0.2, 0.25) is 0 Å². The Kier molecular flexibility index (Phi) is 5.14. The molecule has 1 aromatic heterocycles. The summed E-state index contributed by atoms with van der Waals surface area (Å²) in [6.45, 7) is 1.51. The van der Waals surface area contributed by atoms with Crippen LogP contribution in [0.4, 0.5) is 5.69 Å². The molecule has 2 heterocycles. The molecule has 0 radical (unpaired) electrons. The van der Waals surface area contributed by atoms with Gasteiger partial charge < -0.3 is 19.5 Å². The summed E-state index contributed by atoms with van der Waals surface area (Å²) in [5.74, 6) is 1.15. The fraction of sp³-hybridized carbons (Fsp3) is 0.115. The Labute approximate surface area is 189 Å². The highest BCUT2D eigenvalue weighted by molar-refractivity contribution is 6.15. The minimum atomic E-state index is -0.357. The number of rotatable bonds is 5. The zero-order chi connectivity index (χ0) is 22.9. The van der Waals surface area contributed by atoms with Gasteiger partial charge in [0.1, 0.15) is 5.75 Å². The molecule has 1 amide bonds. The summed E-state index contributed by atoms with van der Waals surface area (Å²) in [5.41, 5.74) is 3.35. The van der Waals surface area contributed by atoms with E-state index in [2.05, 4.69) is 5.32 Å². The second-order valence-electron chi connectivity index (χ2n) is 7.56. The van der Waals surface area contributed by atoms with Crippen LogP contribution in [0.5, 0.6) is 17.2 Å². The predicted octanol–water partition coefficient (Wildman–Crippen LogP) is 5.09. The summed E-state index contributed by atoms with van der Waals surface area (Å²) >= 11 is 0. The van der Waals surface area contributed by atoms with Gasteiger partial charge in [-0.15, -0.1) is 0 Å². The van der Waals surface area contributed by atoms with E-state index < -0.39 is 0 Å². The topological polar surface area (TPSA) is 86.8 Å². The lowest BCUT2D eigenvalue weighted by Crippen LogP contribution is -2.15. The number of ether oxygens (including phenoxy) is 3. The molecule has 3 aromatic carbocycles. The number of para-hydroxylation sites is 1. The summed E-state index contributed by atoms with van der Waals surface area (Å²) < 4.78 is 16.0. The molecule has 164 valence electrons. The quantitative estimate of drug-likeness (QED) is 0.435. The van der Waals surface area contributed by atoms with E-state index in [4.69, 9.17) is 19.2 Å². The highest BCUT2D eigenvalue weighted by Crippen LogP contribution is 2.37.